The molecule has 4 nitrogen and oxygen atoms in total. The molecular formula is C10H8N2O2. The van der Waals surface area contributed by atoms with Crippen LogP contribution in [0.3, 0.4) is 0 Å². The van der Waals surface area contributed by atoms with Crippen molar-refractivity contribution in [1.82, 2.24) is 4.98 Å². The van der Waals surface area contributed by atoms with Crippen molar-refractivity contribution < 1.29 is 9.21 Å². The predicted molar refractivity (Wildman–Crippen MR) is 51.0 cm³/mol. The van der Waals surface area contributed by atoms with Crippen molar-refractivity contribution in [3.63, 3.8) is 0 Å². The van der Waals surface area contributed by atoms with Gasteiger partial charge in [0.25, 0.3) is 0 Å². The zero-order valence-electron chi connectivity index (χ0n) is 7.41. The summed E-state index contributed by atoms with van der Waals surface area (Å²) in [6.45, 7) is 0. The summed E-state index contributed by atoms with van der Waals surface area (Å²) in [5, 5.41) is 2.83. The highest BCUT2D eigenvalue weighted by molar-refractivity contribution is 6.02. The molecule has 0 saturated heterocycles. The summed E-state index contributed by atoms with van der Waals surface area (Å²) in [6.07, 6.45) is 2.73. The Morgan fingerprint density at radius 3 is 3.21 bits per heavy atom. The number of benzene rings is 1. The third kappa shape index (κ3) is 0.937. The standard InChI is InChI=1S/C10H8N2O2/c13-8-4-2-6-1-3-7-10(9(6)12-8)11-5-14-7/h1,3,5H,2,4H2,(H,12,13). The first-order valence-corrected chi connectivity index (χ1v) is 4.49. The van der Waals surface area contributed by atoms with Gasteiger partial charge in [-0.3, -0.25) is 4.79 Å². The Balaban J connectivity index is 2.31. The van der Waals surface area contributed by atoms with E-state index in [9.17, 15) is 4.79 Å². The molecule has 0 bridgehead atoms. The fourth-order valence-electron chi connectivity index (χ4n) is 1.77. The molecule has 2 aromatic rings. The number of amides is 1. The third-order valence-corrected chi connectivity index (χ3v) is 2.47. The van der Waals surface area contributed by atoms with Gasteiger partial charge in [0.15, 0.2) is 12.0 Å². The molecule has 3 rings (SSSR count). The molecule has 1 amide bonds. The monoisotopic (exact) mass is 188 g/mol. The number of anilines is 1. The first kappa shape index (κ1) is 7.55. The molecule has 70 valence electrons. The van der Waals surface area contributed by atoms with E-state index >= 15 is 0 Å². The van der Waals surface area contributed by atoms with Crippen LogP contribution < -0.4 is 5.32 Å². The van der Waals surface area contributed by atoms with E-state index in [1.807, 2.05) is 12.1 Å². The molecule has 1 aromatic carbocycles. The average Bonchev–Trinajstić information content (AvgIpc) is 2.65. The minimum atomic E-state index is 0.0491. The molecule has 2 heterocycles. The molecule has 1 N–H and O–H groups in total. The van der Waals surface area contributed by atoms with Gasteiger partial charge in [0.1, 0.15) is 5.52 Å². The number of hydrogen-bond acceptors (Lipinski definition) is 3. The van der Waals surface area contributed by atoms with Gasteiger partial charge in [-0.2, -0.15) is 0 Å². The van der Waals surface area contributed by atoms with Crippen LogP contribution in [0.25, 0.3) is 11.1 Å². The van der Waals surface area contributed by atoms with E-state index in [-0.39, 0.29) is 5.91 Å². The van der Waals surface area contributed by atoms with Gasteiger partial charge in [-0.15, -0.1) is 0 Å². The molecule has 0 spiro atoms. The van der Waals surface area contributed by atoms with Crippen LogP contribution in [-0.4, -0.2) is 10.9 Å². The van der Waals surface area contributed by atoms with E-state index < -0.39 is 0 Å². The van der Waals surface area contributed by atoms with Crippen LogP contribution in [0.2, 0.25) is 0 Å². The van der Waals surface area contributed by atoms with Gasteiger partial charge in [0.2, 0.25) is 5.91 Å². The highest BCUT2D eigenvalue weighted by atomic mass is 16.3. The summed E-state index contributed by atoms with van der Waals surface area (Å²) in [5.74, 6) is 0.0491. The molecule has 0 radical (unpaired) electrons. The molecule has 1 aliphatic heterocycles. The van der Waals surface area contributed by atoms with Gasteiger partial charge < -0.3 is 9.73 Å². The number of rotatable bonds is 0. The number of carbonyl (C=O) groups is 1. The first-order chi connectivity index (χ1) is 6.84. The van der Waals surface area contributed by atoms with Crippen molar-refractivity contribution in [3.05, 3.63) is 24.1 Å². The Labute approximate surface area is 79.9 Å². The minimum absolute atomic E-state index is 0.0491. The number of hydrogen-bond donors (Lipinski definition) is 1. The molecule has 0 saturated carbocycles. The van der Waals surface area contributed by atoms with Gasteiger partial charge >= 0.3 is 0 Å². The van der Waals surface area contributed by atoms with E-state index in [1.165, 1.54) is 6.39 Å². The highest BCUT2D eigenvalue weighted by Crippen LogP contribution is 2.29. The van der Waals surface area contributed by atoms with Crippen molar-refractivity contribution >= 4 is 22.7 Å². The summed E-state index contributed by atoms with van der Waals surface area (Å²) in [6, 6.07) is 3.86. The van der Waals surface area contributed by atoms with Gasteiger partial charge in [-0.25, -0.2) is 4.98 Å². The molecule has 0 aliphatic carbocycles. The lowest BCUT2D eigenvalue weighted by Gasteiger charge is -2.15. The Kier molecular flexibility index (Phi) is 1.39. The Bertz CT molecular complexity index is 516. The fourth-order valence-corrected chi connectivity index (χ4v) is 1.77. The van der Waals surface area contributed by atoms with E-state index in [0.717, 1.165) is 23.2 Å². The van der Waals surface area contributed by atoms with Gasteiger partial charge in [0.05, 0.1) is 5.69 Å². The van der Waals surface area contributed by atoms with Crippen molar-refractivity contribution in [2.24, 2.45) is 0 Å². The maximum Gasteiger partial charge on any atom is 0.224 e. The first-order valence-electron chi connectivity index (χ1n) is 4.49. The van der Waals surface area contributed by atoms with Gasteiger partial charge in [-0.05, 0) is 18.1 Å². The Morgan fingerprint density at radius 2 is 2.29 bits per heavy atom. The van der Waals surface area contributed by atoms with Gasteiger partial charge in [-0.1, -0.05) is 6.07 Å². The smallest absolute Gasteiger partial charge is 0.224 e. The molecule has 4 heteroatoms. The number of nitrogens with one attached hydrogen (secondary N) is 1. The molecule has 1 aromatic heterocycles. The number of oxazole rings is 1. The Hall–Kier alpha value is -1.84. The van der Waals surface area contributed by atoms with Crippen molar-refractivity contribution in [1.29, 1.82) is 0 Å². The minimum Gasteiger partial charge on any atom is -0.443 e. The molecule has 0 unspecified atom stereocenters. The molecule has 0 atom stereocenters. The summed E-state index contributed by atoms with van der Waals surface area (Å²) < 4.78 is 5.16. The van der Waals surface area contributed by atoms with Crippen LogP contribution >= 0.6 is 0 Å². The highest BCUT2D eigenvalue weighted by Gasteiger charge is 2.18. The molecule has 14 heavy (non-hydrogen) atoms. The van der Waals surface area contributed by atoms with Crippen molar-refractivity contribution in [3.8, 4) is 0 Å². The summed E-state index contributed by atoms with van der Waals surface area (Å²) >= 11 is 0. The Morgan fingerprint density at radius 1 is 1.36 bits per heavy atom. The SMILES string of the molecule is O=C1CCc2ccc3ocnc3c2N1. The van der Waals surface area contributed by atoms with Crippen LogP contribution in [0.15, 0.2) is 22.9 Å². The zero-order valence-corrected chi connectivity index (χ0v) is 7.41. The molecule has 1 aliphatic rings. The maximum atomic E-state index is 11.2. The third-order valence-electron chi connectivity index (χ3n) is 2.47. The van der Waals surface area contributed by atoms with Crippen molar-refractivity contribution in [2.75, 3.05) is 5.32 Å². The number of aryl methyl sites for hydroxylation is 1. The van der Waals surface area contributed by atoms with Gasteiger partial charge in [0, 0.05) is 6.42 Å². The zero-order chi connectivity index (χ0) is 9.54. The van der Waals surface area contributed by atoms with Crippen LogP contribution in [0.4, 0.5) is 5.69 Å². The fraction of sp³-hybridized carbons (Fsp3) is 0.200. The number of carbonyl (C=O) groups excluding carboxylic acids is 1. The van der Waals surface area contributed by atoms with Crippen LogP contribution in [0.5, 0.6) is 0 Å². The number of nitrogens with zero attached hydrogens (tertiary/aromatic N) is 1. The van der Waals surface area contributed by atoms with Crippen molar-refractivity contribution in [2.45, 2.75) is 12.8 Å². The largest absolute Gasteiger partial charge is 0.443 e. The molecular weight excluding hydrogens is 180 g/mol. The maximum absolute atomic E-state index is 11.2. The van der Waals surface area contributed by atoms with Crippen LogP contribution in [0.1, 0.15) is 12.0 Å². The van der Waals surface area contributed by atoms with E-state index in [1.54, 1.807) is 0 Å². The normalized spacial score (nSPS) is 15.3. The lowest BCUT2D eigenvalue weighted by atomic mass is 10.0. The second-order valence-electron chi connectivity index (χ2n) is 3.35. The summed E-state index contributed by atoms with van der Waals surface area (Å²) in [7, 11) is 0. The lowest BCUT2D eigenvalue weighted by Crippen LogP contribution is -2.19. The summed E-state index contributed by atoms with van der Waals surface area (Å²) in [4.78, 5) is 15.3. The van der Waals surface area contributed by atoms with E-state index in [2.05, 4.69) is 10.3 Å². The number of aromatic nitrogens is 1. The quantitative estimate of drug-likeness (QED) is 0.684. The van der Waals surface area contributed by atoms with E-state index in [4.69, 9.17) is 4.42 Å². The van der Waals surface area contributed by atoms with E-state index in [0.29, 0.717) is 12.0 Å². The van der Waals surface area contributed by atoms with Crippen LogP contribution in [-0.2, 0) is 11.2 Å². The van der Waals surface area contributed by atoms with Crippen LogP contribution in [0, 0.1) is 0 Å². The lowest BCUT2D eigenvalue weighted by molar-refractivity contribution is -0.116. The predicted octanol–water partition coefficient (Wildman–Crippen LogP) is 1.71. The molecule has 0 fully saturated rings. The second kappa shape index (κ2) is 2.57. The average molecular weight is 188 g/mol. The summed E-state index contributed by atoms with van der Waals surface area (Å²) in [5.41, 5.74) is 3.40. The topological polar surface area (TPSA) is 55.1 Å². The second-order valence-corrected chi connectivity index (χ2v) is 3.35. The number of fused-ring (bicyclic) bond motifs is 3.